The van der Waals surface area contributed by atoms with Crippen LogP contribution in [0, 0.1) is 0 Å². The van der Waals surface area contributed by atoms with Crippen molar-refractivity contribution < 1.29 is 19.4 Å². The standard InChI is InChI=1S/C16H22N2O4/c1-16(2,3)22-15(21)18-8-7-10-5-4-6-11(13(10)18)12(9-17)14(19)20/h4-6,12H,7-9,17H2,1-3H3,(H,19,20). The third kappa shape index (κ3) is 3.22. The molecule has 0 fully saturated rings. The molecule has 1 aromatic rings. The van der Waals surface area contributed by atoms with Crippen molar-refractivity contribution in [3.8, 4) is 0 Å². The van der Waals surface area contributed by atoms with E-state index in [1.165, 1.54) is 4.90 Å². The van der Waals surface area contributed by atoms with Gasteiger partial charge in [-0.15, -0.1) is 0 Å². The first-order valence-corrected chi connectivity index (χ1v) is 7.29. The van der Waals surface area contributed by atoms with Gasteiger partial charge in [0.1, 0.15) is 5.60 Å². The second kappa shape index (κ2) is 5.96. The summed E-state index contributed by atoms with van der Waals surface area (Å²) >= 11 is 0. The summed E-state index contributed by atoms with van der Waals surface area (Å²) < 4.78 is 5.42. The molecule has 22 heavy (non-hydrogen) atoms. The number of hydrogen-bond acceptors (Lipinski definition) is 4. The number of nitrogens with two attached hydrogens (primary N) is 1. The van der Waals surface area contributed by atoms with Gasteiger partial charge < -0.3 is 15.6 Å². The van der Waals surface area contributed by atoms with E-state index in [4.69, 9.17) is 10.5 Å². The smallest absolute Gasteiger partial charge is 0.414 e. The van der Waals surface area contributed by atoms with E-state index >= 15 is 0 Å². The summed E-state index contributed by atoms with van der Waals surface area (Å²) in [6.45, 7) is 5.86. The summed E-state index contributed by atoms with van der Waals surface area (Å²) in [5, 5.41) is 9.35. The molecule has 6 nitrogen and oxygen atoms in total. The van der Waals surface area contributed by atoms with Crippen molar-refractivity contribution in [2.24, 2.45) is 5.73 Å². The third-order valence-corrected chi connectivity index (χ3v) is 3.55. The van der Waals surface area contributed by atoms with Gasteiger partial charge >= 0.3 is 12.1 Å². The molecule has 120 valence electrons. The minimum atomic E-state index is -0.994. The van der Waals surface area contributed by atoms with Gasteiger partial charge in [0.25, 0.3) is 0 Å². The van der Waals surface area contributed by atoms with Crippen LogP contribution in [-0.4, -0.2) is 35.9 Å². The molecular weight excluding hydrogens is 284 g/mol. The van der Waals surface area contributed by atoms with Gasteiger partial charge in [-0.3, -0.25) is 9.69 Å². The number of rotatable bonds is 3. The third-order valence-electron chi connectivity index (χ3n) is 3.55. The van der Waals surface area contributed by atoms with Crippen LogP contribution in [-0.2, 0) is 16.0 Å². The normalized spacial score (nSPS) is 15.4. The topological polar surface area (TPSA) is 92.9 Å². The minimum absolute atomic E-state index is 0.0199. The Morgan fingerprint density at radius 1 is 1.41 bits per heavy atom. The Morgan fingerprint density at radius 3 is 2.64 bits per heavy atom. The van der Waals surface area contributed by atoms with Crippen LogP contribution in [0.4, 0.5) is 10.5 Å². The number of aliphatic carboxylic acids is 1. The van der Waals surface area contributed by atoms with E-state index in [1.807, 2.05) is 6.07 Å². The Balaban J connectivity index is 2.41. The highest BCUT2D eigenvalue weighted by Crippen LogP contribution is 2.36. The van der Waals surface area contributed by atoms with Crippen LogP contribution in [0.1, 0.15) is 37.8 Å². The molecule has 6 heteroatoms. The van der Waals surface area contributed by atoms with Crippen LogP contribution in [0.15, 0.2) is 18.2 Å². The highest BCUT2D eigenvalue weighted by molar-refractivity contribution is 5.93. The van der Waals surface area contributed by atoms with Gasteiger partial charge in [-0.25, -0.2) is 4.79 Å². The van der Waals surface area contributed by atoms with E-state index in [0.717, 1.165) is 5.56 Å². The fourth-order valence-electron chi connectivity index (χ4n) is 2.63. The van der Waals surface area contributed by atoms with Crippen molar-refractivity contribution in [2.75, 3.05) is 18.0 Å². The lowest BCUT2D eigenvalue weighted by atomic mass is 9.95. The van der Waals surface area contributed by atoms with Crippen molar-refractivity contribution in [3.05, 3.63) is 29.3 Å². The van der Waals surface area contributed by atoms with E-state index in [2.05, 4.69) is 0 Å². The summed E-state index contributed by atoms with van der Waals surface area (Å²) in [7, 11) is 0. The van der Waals surface area contributed by atoms with Gasteiger partial charge in [0.15, 0.2) is 0 Å². The Labute approximate surface area is 129 Å². The lowest BCUT2D eigenvalue weighted by molar-refractivity contribution is -0.138. The quantitative estimate of drug-likeness (QED) is 0.892. The van der Waals surface area contributed by atoms with Crippen LogP contribution in [0.25, 0.3) is 0 Å². The molecule has 1 aliphatic heterocycles. The first-order chi connectivity index (χ1) is 10.2. The monoisotopic (exact) mass is 306 g/mol. The van der Waals surface area contributed by atoms with E-state index < -0.39 is 23.6 Å². The largest absolute Gasteiger partial charge is 0.481 e. The molecule has 1 amide bonds. The lowest BCUT2D eigenvalue weighted by Gasteiger charge is -2.27. The van der Waals surface area contributed by atoms with Crippen LogP contribution < -0.4 is 10.6 Å². The van der Waals surface area contributed by atoms with Gasteiger partial charge in [0.2, 0.25) is 0 Å². The maximum Gasteiger partial charge on any atom is 0.414 e. The van der Waals surface area contributed by atoms with E-state index in [-0.39, 0.29) is 6.54 Å². The van der Waals surface area contributed by atoms with Gasteiger partial charge in [-0.1, -0.05) is 18.2 Å². The van der Waals surface area contributed by atoms with E-state index in [0.29, 0.717) is 24.2 Å². The maximum absolute atomic E-state index is 12.4. The molecular formula is C16H22N2O4. The number of amides is 1. The number of para-hydroxylation sites is 1. The Bertz CT molecular complexity index is 592. The highest BCUT2D eigenvalue weighted by Gasteiger charge is 2.33. The second-order valence-corrected chi connectivity index (χ2v) is 6.36. The molecule has 0 saturated carbocycles. The molecule has 1 heterocycles. The number of carbonyl (C=O) groups excluding carboxylic acids is 1. The van der Waals surface area contributed by atoms with Crippen LogP contribution in [0.2, 0.25) is 0 Å². The summed E-state index contributed by atoms with van der Waals surface area (Å²) in [6.07, 6.45) is 0.221. The summed E-state index contributed by atoms with van der Waals surface area (Å²) in [6, 6.07) is 5.42. The molecule has 0 aromatic heterocycles. The zero-order valence-corrected chi connectivity index (χ0v) is 13.1. The SMILES string of the molecule is CC(C)(C)OC(=O)N1CCc2cccc(C(CN)C(=O)O)c21. The molecule has 0 radical (unpaired) electrons. The van der Waals surface area contributed by atoms with Crippen molar-refractivity contribution in [3.63, 3.8) is 0 Å². The molecule has 3 N–H and O–H groups in total. The van der Waals surface area contributed by atoms with E-state index in [1.54, 1.807) is 32.9 Å². The van der Waals surface area contributed by atoms with E-state index in [9.17, 15) is 14.7 Å². The van der Waals surface area contributed by atoms with Gasteiger partial charge in [0, 0.05) is 13.1 Å². The second-order valence-electron chi connectivity index (χ2n) is 6.36. The molecule has 1 aromatic carbocycles. The van der Waals surface area contributed by atoms with Crippen LogP contribution in [0.3, 0.4) is 0 Å². The molecule has 0 aliphatic carbocycles. The summed E-state index contributed by atoms with van der Waals surface area (Å²) in [5.74, 6) is -1.83. The van der Waals surface area contributed by atoms with Crippen molar-refractivity contribution in [2.45, 2.75) is 38.7 Å². The average Bonchev–Trinajstić information content (AvgIpc) is 2.81. The average molecular weight is 306 g/mol. The van der Waals surface area contributed by atoms with Crippen LogP contribution in [0.5, 0.6) is 0 Å². The fourth-order valence-corrected chi connectivity index (χ4v) is 2.63. The number of nitrogens with zero attached hydrogens (tertiary/aromatic N) is 1. The number of anilines is 1. The van der Waals surface area contributed by atoms with Gasteiger partial charge in [-0.2, -0.15) is 0 Å². The zero-order chi connectivity index (χ0) is 16.5. The molecule has 1 unspecified atom stereocenters. The number of hydrogen-bond donors (Lipinski definition) is 2. The molecule has 0 saturated heterocycles. The van der Waals surface area contributed by atoms with Gasteiger partial charge in [-0.05, 0) is 38.3 Å². The molecule has 1 aliphatic rings. The van der Waals surface area contributed by atoms with Crippen molar-refractivity contribution in [1.29, 1.82) is 0 Å². The minimum Gasteiger partial charge on any atom is -0.481 e. The molecule has 1 atom stereocenters. The van der Waals surface area contributed by atoms with Crippen molar-refractivity contribution in [1.82, 2.24) is 0 Å². The maximum atomic E-state index is 12.4. The zero-order valence-electron chi connectivity index (χ0n) is 13.1. The number of fused-ring (bicyclic) bond motifs is 1. The lowest BCUT2D eigenvalue weighted by Crippen LogP contribution is -2.36. The number of carbonyl (C=O) groups is 2. The Hall–Kier alpha value is -2.08. The fraction of sp³-hybridized carbons (Fsp3) is 0.500. The van der Waals surface area contributed by atoms with Crippen LogP contribution >= 0.6 is 0 Å². The first-order valence-electron chi connectivity index (χ1n) is 7.29. The molecule has 0 bridgehead atoms. The summed E-state index contributed by atoms with van der Waals surface area (Å²) in [5.41, 5.74) is 7.15. The number of carboxylic acids is 1. The Morgan fingerprint density at radius 2 is 2.09 bits per heavy atom. The van der Waals surface area contributed by atoms with Gasteiger partial charge in [0.05, 0.1) is 11.6 Å². The predicted octanol–water partition coefficient (Wildman–Crippen LogP) is 2.11. The highest BCUT2D eigenvalue weighted by atomic mass is 16.6. The first kappa shape index (κ1) is 16.3. The van der Waals surface area contributed by atoms with Crippen molar-refractivity contribution >= 4 is 17.7 Å². The number of carboxylic acid groups (broad SMARTS) is 1. The number of benzene rings is 1. The number of ether oxygens (including phenoxy) is 1. The predicted molar refractivity (Wildman–Crippen MR) is 83.2 cm³/mol. The molecule has 2 rings (SSSR count). The Kier molecular flexibility index (Phi) is 4.42. The molecule has 0 spiro atoms. The summed E-state index contributed by atoms with van der Waals surface area (Å²) in [4.78, 5) is 25.3.